The van der Waals surface area contributed by atoms with Gasteiger partial charge in [0.2, 0.25) is 0 Å². The summed E-state index contributed by atoms with van der Waals surface area (Å²) < 4.78 is 10.3. The van der Waals surface area contributed by atoms with E-state index < -0.39 is 5.92 Å². The average molecular weight is 341 g/mol. The van der Waals surface area contributed by atoms with E-state index in [9.17, 15) is 9.59 Å². The summed E-state index contributed by atoms with van der Waals surface area (Å²) in [4.78, 5) is 30.0. The van der Waals surface area contributed by atoms with Gasteiger partial charge in [0, 0.05) is 36.4 Å². The van der Waals surface area contributed by atoms with Gasteiger partial charge in [-0.05, 0) is 25.3 Å². The van der Waals surface area contributed by atoms with E-state index >= 15 is 0 Å². The Balaban J connectivity index is 2.01. The number of Topliss-reactive ketones (excluding diaryl/α,β-unsaturated/α-hetero) is 1. The summed E-state index contributed by atoms with van der Waals surface area (Å²) in [6.07, 6.45) is 2.12. The zero-order valence-electron chi connectivity index (χ0n) is 14.7. The van der Waals surface area contributed by atoms with Gasteiger partial charge in [-0.15, -0.1) is 0 Å². The van der Waals surface area contributed by atoms with Crippen LogP contribution in [0.1, 0.15) is 37.7 Å². The van der Waals surface area contributed by atoms with Crippen LogP contribution in [0.15, 0.2) is 46.6 Å². The monoisotopic (exact) mass is 341 g/mol. The van der Waals surface area contributed by atoms with Crippen LogP contribution in [0.5, 0.6) is 0 Å². The Kier molecular flexibility index (Phi) is 5.43. The number of carbonyl (C=O) groups is 2. The van der Waals surface area contributed by atoms with Crippen LogP contribution >= 0.6 is 0 Å². The molecule has 1 unspecified atom stereocenters. The number of nitrogens with zero attached hydrogens (tertiary/aromatic N) is 1. The van der Waals surface area contributed by atoms with Crippen molar-refractivity contribution in [3.63, 3.8) is 0 Å². The molecule has 1 aromatic rings. The van der Waals surface area contributed by atoms with Crippen molar-refractivity contribution in [2.75, 3.05) is 20.3 Å². The molecule has 0 spiro atoms. The zero-order valence-corrected chi connectivity index (χ0v) is 14.7. The lowest BCUT2D eigenvalue weighted by Crippen LogP contribution is -2.37. The third kappa shape index (κ3) is 3.56. The van der Waals surface area contributed by atoms with Crippen molar-refractivity contribution in [3.8, 4) is 0 Å². The van der Waals surface area contributed by atoms with Gasteiger partial charge in [0.05, 0.1) is 6.61 Å². The smallest absolute Gasteiger partial charge is 0.315 e. The maximum absolute atomic E-state index is 12.8. The minimum absolute atomic E-state index is 0.0982. The molecule has 5 nitrogen and oxygen atoms in total. The first kappa shape index (κ1) is 17.5. The molecule has 3 rings (SSSR count). The van der Waals surface area contributed by atoms with Crippen molar-refractivity contribution in [2.45, 2.75) is 32.1 Å². The highest BCUT2D eigenvalue weighted by molar-refractivity contribution is 6.08. The second kappa shape index (κ2) is 7.74. The SMILES string of the molecule is COCCOC(=O)C1C(C)=NC2=C(C(=O)CCC2)[C@@H]1c1ccccc1. The fraction of sp³-hybridized carbons (Fsp3) is 0.450. The van der Waals surface area contributed by atoms with Crippen LogP contribution in [-0.4, -0.2) is 37.8 Å². The van der Waals surface area contributed by atoms with Gasteiger partial charge < -0.3 is 9.47 Å². The van der Waals surface area contributed by atoms with E-state index in [-0.39, 0.29) is 24.3 Å². The molecule has 0 radical (unpaired) electrons. The van der Waals surface area contributed by atoms with Crippen molar-refractivity contribution in [2.24, 2.45) is 10.9 Å². The van der Waals surface area contributed by atoms with Gasteiger partial charge in [-0.1, -0.05) is 30.3 Å². The highest BCUT2D eigenvalue weighted by Gasteiger charge is 2.42. The molecule has 0 amide bonds. The van der Waals surface area contributed by atoms with Gasteiger partial charge in [0.15, 0.2) is 5.78 Å². The van der Waals surface area contributed by atoms with Crippen molar-refractivity contribution < 1.29 is 19.1 Å². The number of benzene rings is 1. The summed E-state index contributed by atoms with van der Waals surface area (Å²) >= 11 is 0. The summed E-state index contributed by atoms with van der Waals surface area (Å²) in [7, 11) is 1.56. The van der Waals surface area contributed by atoms with Crippen LogP contribution in [0.4, 0.5) is 0 Å². The second-order valence-electron chi connectivity index (χ2n) is 6.42. The predicted octanol–water partition coefficient (Wildman–Crippen LogP) is 3.06. The maximum atomic E-state index is 12.8. The Morgan fingerprint density at radius 2 is 1.96 bits per heavy atom. The quantitative estimate of drug-likeness (QED) is 0.610. The number of aliphatic imine (C=N–C) groups is 1. The lowest BCUT2D eigenvalue weighted by Gasteiger charge is -2.34. The summed E-state index contributed by atoms with van der Waals surface area (Å²) in [6, 6.07) is 9.71. The Morgan fingerprint density at radius 3 is 2.68 bits per heavy atom. The Labute approximate surface area is 147 Å². The van der Waals surface area contributed by atoms with E-state index in [1.807, 2.05) is 37.3 Å². The Hall–Kier alpha value is -2.27. The molecule has 1 aliphatic heterocycles. The molecule has 2 atom stereocenters. The molecule has 1 heterocycles. The number of rotatable bonds is 5. The van der Waals surface area contributed by atoms with E-state index in [1.165, 1.54) is 0 Å². The zero-order chi connectivity index (χ0) is 17.8. The fourth-order valence-corrected chi connectivity index (χ4v) is 3.65. The molecule has 0 aromatic heterocycles. The molecule has 25 heavy (non-hydrogen) atoms. The number of allylic oxidation sites excluding steroid dienone is 2. The molecule has 5 heteroatoms. The second-order valence-corrected chi connectivity index (χ2v) is 6.42. The standard InChI is InChI=1S/C20H23NO4/c1-13-17(20(23)25-12-11-24-2)18(14-7-4-3-5-8-14)19-15(21-13)9-6-10-16(19)22/h3-5,7-8,17-18H,6,9-12H2,1-2H3/t17?,18-/m1/s1. The molecule has 0 saturated carbocycles. The lowest BCUT2D eigenvalue weighted by molar-refractivity contribution is -0.147. The molecule has 132 valence electrons. The summed E-state index contributed by atoms with van der Waals surface area (Å²) in [5.74, 6) is -1.14. The van der Waals surface area contributed by atoms with Gasteiger partial charge >= 0.3 is 5.97 Å². The molecule has 0 bridgehead atoms. The molecule has 0 fully saturated rings. The number of esters is 1. The van der Waals surface area contributed by atoms with Crippen LogP contribution in [0.3, 0.4) is 0 Å². The molecular weight excluding hydrogens is 318 g/mol. The lowest BCUT2D eigenvalue weighted by atomic mass is 9.72. The molecular formula is C20H23NO4. The number of methoxy groups -OCH3 is 1. The van der Waals surface area contributed by atoms with Gasteiger partial charge in [0.25, 0.3) is 0 Å². The molecule has 0 saturated heterocycles. The molecule has 1 aliphatic carbocycles. The van der Waals surface area contributed by atoms with Crippen molar-refractivity contribution in [3.05, 3.63) is 47.2 Å². The third-order valence-corrected chi connectivity index (χ3v) is 4.78. The van der Waals surface area contributed by atoms with Crippen LogP contribution in [0, 0.1) is 5.92 Å². The number of carbonyl (C=O) groups excluding carboxylic acids is 2. The van der Waals surface area contributed by atoms with E-state index in [1.54, 1.807) is 7.11 Å². The Morgan fingerprint density at radius 1 is 1.20 bits per heavy atom. The average Bonchev–Trinajstić information content (AvgIpc) is 2.61. The highest BCUT2D eigenvalue weighted by Crippen LogP contribution is 2.43. The Bertz CT molecular complexity index is 720. The number of hydrogen-bond donors (Lipinski definition) is 0. The van der Waals surface area contributed by atoms with Crippen LogP contribution in [0.2, 0.25) is 0 Å². The number of hydrogen-bond acceptors (Lipinski definition) is 5. The van der Waals surface area contributed by atoms with Gasteiger partial charge in [-0.3, -0.25) is 14.6 Å². The van der Waals surface area contributed by atoms with Gasteiger partial charge in [-0.2, -0.15) is 0 Å². The number of ether oxygens (including phenoxy) is 2. The first-order chi connectivity index (χ1) is 12.1. The maximum Gasteiger partial charge on any atom is 0.315 e. The van der Waals surface area contributed by atoms with E-state index in [2.05, 4.69) is 4.99 Å². The summed E-state index contributed by atoms with van der Waals surface area (Å²) in [5, 5.41) is 0. The summed E-state index contributed by atoms with van der Waals surface area (Å²) in [5.41, 5.74) is 3.19. The molecule has 1 aromatic carbocycles. The number of ketones is 1. The van der Waals surface area contributed by atoms with Crippen molar-refractivity contribution in [1.29, 1.82) is 0 Å². The van der Waals surface area contributed by atoms with E-state index in [0.717, 1.165) is 24.1 Å². The van der Waals surface area contributed by atoms with Gasteiger partial charge in [-0.25, -0.2) is 0 Å². The fourth-order valence-electron chi connectivity index (χ4n) is 3.65. The van der Waals surface area contributed by atoms with Crippen molar-refractivity contribution in [1.82, 2.24) is 0 Å². The predicted molar refractivity (Wildman–Crippen MR) is 94.5 cm³/mol. The van der Waals surface area contributed by atoms with Gasteiger partial charge in [0.1, 0.15) is 12.5 Å². The van der Waals surface area contributed by atoms with E-state index in [0.29, 0.717) is 24.3 Å². The molecule has 2 aliphatic rings. The highest BCUT2D eigenvalue weighted by atomic mass is 16.6. The first-order valence-electron chi connectivity index (χ1n) is 8.65. The van der Waals surface area contributed by atoms with Crippen LogP contribution in [0.25, 0.3) is 0 Å². The van der Waals surface area contributed by atoms with Crippen LogP contribution < -0.4 is 0 Å². The minimum Gasteiger partial charge on any atom is -0.463 e. The largest absolute Gasteiger partial charge is 0.463 e. The molecule has 0 N–H and O–H groups in total. The first-order valence-corrected chi connectivity index (χ1v) is 8.65. The topological polar surface area (TPSA) is 65.0 Å². The summed E-state index contributed by atoms with van der Waals surface area (Å²) in [6.45, 7) is 2.39. The minimum atomic E-state index is -0.569. The third-order valence-electron chi connectivity index (χ3n) is 4.78. The van der Waals surface area contributed by atoms with Crippen LogP contribution in [-0.2, 0) is 19.1 Å². The van der Waals surface area contributed by atoms with E-state index in [4.69, 9.17) is 9.47 Å². The van der Waals surface area contributed by atoms with Crippen molar-refractivity contribution >= 4 is 17.5 Å². The normalized spacial score (nSPS) is 23.1.